The molecule has 3 aromatic heterocycles. The molecule has 11 heteroatoms. The van der Waals surface area contributed by atoms with E-state index in [-0.39, 0.29) is 23.6 Å². The van der Waals surface area contributed by atoms with Crippen molar-refractivity contribution in [2.75, 3.05) is 11.1 Å². The zero-order chi connectivity index (χ0) is 20.6. The first-order valence-corrected chi connectivity index (χ1v) is 10.0. The lowest BCUT2D eigenvalue weighted by atomic mass is 9.91. The fraction of sp³-hybridized carbons (Fsp3) is 0.389. The van der Waals surface area contributed by atoms with Crippen LogP contribution in [0.3, 0.4) is 0 Å². The maximum atomic E-state index is 12.9. The number of alkyl halides is 3. The van der Waals surface area contributed by atoms with Gasteiger partial charge in [-0.05, 0) is 37.8 Å². The molecular formula is C18H19F3N6OS. The summed E-state index contributed by atoms with van der Waals surface area (Å²) in [5.74, 6) is 0.327. The van der Waals surface area contributed by atoms with E-state index in [1.807, 2.05) is 0 Å². The Morgan fingerprint density at radius 3 is 2.55 bits per heavy atom. The zero-order valence-electron chi connectivity index (χ0n) is 15.2. The topological polar surface area (TPSA) is 97.3 Å². The van der Waals surface area contributed by atoms with Gasteiger partial charge in [-0.2, -0.15) is 13.2 Å². The number of amides is 1. The van der Waals surface area contributed by atoms with Crippen LogP contribution in [0.4, 0.5) is 24.1 Å². The van der Waals surface area contributed by atoms with Crippen molar-refractivity contribution in [1.82, 2.24) is 19.7 Å². The number of aromatic nitrogens is 3. The SMILES string of the molecule is Nc1nc(C(=O)NC2CCC(Nc3cccc4nc(C(F)(F)F)cn34)CC2)cs1. The fourth-order valence-corrected chi connectivity index (χ4v) is 4.05. The molecule has 0 radical (unpaired) electrons. The van der Waals surface area contributed by atoms with Gasteiger partial charge < -0.3 is 16.4 Å². The lowest BCUT2D eigenvalue weighted by Crippen LogP contribution is -2.40. The van der Waals surface area contributed by atoms with Crippen LogP contribution >= 0.6 is 11.3 Å². The van der Waals surface area contributed by atoms with Gasteiger partial charge in [-0.15, -0.1) is 11.3 Å². The molecule has 0 aliphatic heterocycles. The molecule has 0 saturated heterocycles. The number of pyridine rings is 1. The summed E-state index contributed by atoms with van der Waals surface area (Å²) in [5, 5.41) is 8.25. The van der Waals surface area contributed by atoms with E-state index in [1.54, 1.807) is 17.5 Å². The van der Waals surface area contributed by atoms with Crippen LogP contribution in [0, 0.1) is 0 Å². The van der Waals surface area contributed by atoms with Crippen molar-refractivity contribution in [1.29, 1.82) is 0 Å². The van der Waals surface area contributed by atoms with Crippen molar-refractivity contribution >= 4 is 33.8 Å². The van der Waals surface area contributed by atoms with Crippen LogP contribution in [-0.4, -0.2) is 32.4 Å². The number of nitrogens with zero attached hydrogens (tertiary/aromatic N) is 3. The summed E-state index contributed by atoms with van der Waals surface area (Å²) in [7, 11) is 0. The number of nitrogens with one attached hydrogen (secondary N) is 2. The van der Waals surface area contributed by atoms with Gasteiger partial charge in [-0.1, -0.05) is 6.07 Å². The van der Waals surface area contributed by atoms with E-state index in [9.17, 15) is 18.0 Å². The van der Waals surface area contributed by atoms with Gasteiger partial charge in [0.05, 0.1) is 0 Å². The number of hydrogen-bond donors (Lipinski definition) is 3. The molecule has 1 aliphatic carbocycles. The van der Waals surface area contributed by atoms with Gasteiger partial charge in [0, 0.05) is 23.7 Å². The van der Waals surface area contributed by atoms with Gasteiger partial charge in [0.1, 0.15) is 17.2 Å². The highest BCUT2D eigenvalue weighted by Gasteiger charge is 2.34. The summed E-state index contributed by atoms with van der Waals surface area (Å²) < 4.78 is 40.3. The first-order chi connectivity index (χ1) is 13.8. The second-order valence-electron chi connectivity index (χ2n) is 7.00. The van der Waals surface area contributed by atoms with Gasteiger partial charge in [-0.3, -0.25) is 9.20 Å². The number of halogens is 3. The van der Waals surface area contributed by atoms with Crippen LogP contribution in [0.1, 0.15) is 41.9 Å². The number of carbonyl (C=O) groups excluding carboxylic acids is 1. The number of carbonyl (C=O) groups is 1. The normalized spacial score (nSPS) is 20.0. The fourth-order valence-electron chi connectivity index (χ4n) is 3.51. The van der Waals surface area contributed by atoms with Crippen molar-refractivity contribution in [3.05, 3.63) is 41.2 Å². The second-order valence-corrected chi connectivity index (χ2v) is 7.89. The van der Waals surface area contributed by atoms with Crippen molar-refractivity contribution in [3.8, 4) is 0 Å². The Morgan fingerprint density at radius 2 is 1.90 bits per heavy atom. The van der Waals surface area contributed by atoms with Crippen molar-refractivity contribution in [3.63, 3.8) is 0 Å². The number of thiazole rings is 1. The van der Waals surface area contributed by atoms with Crippen molar-refractivity contribution in [2.45, 2.75) is 43.9 Å². The van der Waals surface area contributed by atoms with Crippen LogP contribution in [0.25, 0.3) is 5.65 Å². The Bertz CT molecular complexity index is 1020. The first-order valence-electron chi connectivity index (χ1n) is 9.13. The van der Waals surface area contributed by atoms with E-state index < -0.39 is 11.9 Å². The highest BCUT2D eigenvalue weighted by molar-refractivity contribution is 7.13. The van der Waals surface area contributed by atoms with Crippen LogP contribution in [0.2, 0.25) is 0 Å². The second kappa shape index (κ2) is 7.54. The molecule has 7 nitrogen and oxygen atoms in total. The van der Waals surface area contributed by atoms with Crippen LogP contribution in [0.5, 0.6) is 0 Å². The maximum Gasteiger partial charge on any atom is 0.434 e. The average Bonchev–Trinajstić information content (AvgIpc) is 3.30. The van der Waals surface area contributed by atoms with Gasteiger partial charge in [0.25, 0.3) is 5.91 Å². The summed E-state index contributed by atoms with van der Waals surface area (Å²) in [6.45, 7) is 0. The number of nitrogens with two attached hydrogens (primary N) is 1. The standard InChI is InChI=1S/C18H19F3N6OS/c19-18(20,21)13-8-27-14(2-1-3-15(27)26-13)23-10-4-6-11(7-5-10)24-16(28)12-9-29-17(22)25-12/h1-3,8-11,23H,4-7H2,(H2,22,25)(H,24,28). The minimum atomic E-state index is -4.48. The summed E-state index contributed by atoms with van der Waals surface area (Å²) in [6.07, 6.45) is -0.402. The summed E-state index contributed by atoms with van der Waals surface area (Å²) in [6, 6.07) is 5.08. The number of rotatable bonds is 4. The van der Waals surface area contributed by atoms with Crippen LogP contribution in [-0.2, 0) is 6.18 Å². The molecule has 0 unspecified atom stereocenters. The largest absolute Gasteiger partial charge is 0.434 e. The van der Waals surface area contributed by atoms with Gasteiger partial charge in [0.15, 0.2) is 10.8 Å². The number of anilines is 2. The minimum Gasteiger partial charge on any atom is -0.375 e. The third-order valence-corrected chi connectivity index (χ3v) is 5.63. The predicted molar refractivity (Wildman–Crippen MR) is 104 cm³/mol. The molecule has 3 aromatic rings. The zero-order valence-corrected chi connectivity index (χ0v) is 16.1. The van der Waals surface area contributed by atoms with Gasteiger partial charge >= 0.3 is 6.18 Å². The summed E-state index contributed by atoms with van der Waals surface area (Å²) in [5.41, 5.74) is 5.20. The van der Waals surface area contributed by atoms with Crippen LogP contribution in [0.15, 0.2) is 29.8 Å². The van der Waals surface area contributed by atoms with Gasteiger partial charge in [0.2, 0.25) is 0 Å². The third-order valence-electron chi connectivity index (χ3n) is 4.95. The quantitative estimate of drug-likeness (QED) is 0.595. The monoisotopic (exact) mass is 424 g/mol. The first kappa shape index (κ1) is 19.5. The number of fused-ring (bicyclic) bond motifs is 1. The molecule has 0 bridgehead atoms. The lowest BCUT2D eigenvalue weighted by Gasteiger charge is -2.30. The molecule has 4 N–H and O–H groups in total. The Balaban J connectivity index is 1.37. The molecule has 3 heterocycles. The molecule has 1 fully saturated rings. The maximum absolute atomic E-state index is 12.9. The molecule has 1 amide bonds. The Hall–Kier alpha value is -2.82. The molecule has 0 spiro atoms. The molecule has 0 aromatic carbocycles. The highest BCUT2D eigenvalue weighted by atomic mass is 32.1. The molecule has 0 atom stereocenters. The summed E-state index contributed by atoms with van der Waals surface area (Å²) >= 11 is 1.22. The van der Waals surface area contributed by atoms with E-state index in [1.165, 1.54) is 21.8 Å². The number of nitrogen functional groups attached to an aromatic ring is 1. The number of hydrogen-bond acceptors (Lipinski definition) is 6. The predicted octanol–water partition coefficient (Wildman–Crippen LogP) is 3.54. The number of imidazole rings is 1. The van der Waals surface area contributed by atoms with E-state index in [4.69, 9.17) is 5.73 Å². The van der Waals surface area contributed by atoms with E-state index >= 15 is 0 Å². The molecule has 1 aliphatic rings. The van der Waals surface area contributed by atoms with Crippen molar-refractivity contribution in [2.24, 2.45) is 0 Å². The minimum absolute atomic E-state index is 0.0318. The molecule has 1 saturated carbocycles. The van der Waals surface area contributed by atoms with Crippen molar-refractivity contribution < 1.29 is 18.0 Å². The third kappa shape index (κ3) is 4.29. The smallest absolute Gasteiger partial charge is 0.375 e. The van der Waals surface area contributed by atoms with E-state index in [2.05, 4.69) is 20.6 Å². The molecular weight excluding hydrogens is 405 g/mol. The molecule has 29 heavy (non-hydrogen) atoms. The molecule has 4 rings (SSSR count). The van der Waals surface area contributed by atoms with E-state index in [0.717, 1.165) is 31.9 Å². The Labute approximate surface area is 168 Å². The van der Waals surface area contributed by atoms with E-state index in [0.29, 0.717) is 16.6 Å². The Morgan fingerprint density at radius 1 is 1.17 bits per heavy atom. The lowest BCUT2D eigenvalue weighted by molar-refractivity contribution is -0.140. The van der Waals surface area contributed by atoms with Gasteiger partial charge in [-0.25, -0.2) is 9.97 Å². The molecule has 154 valence electrons. The highest BCUT2D eigenvalue weighted by Crippen LogP contribution is 2.30. The summed E-state index contributed by atoms with van der Waals surface area (Å²) in [4.78, 5) is 19.8. The average molecular weight is 424 g/mol. The Kier molecular flexibility index (Phi) is 5.07. The van der Waals surface area contributed by atoms with Crippen LogP contribution < -0.4 is 16.4 Å².